The van der Waals surface area contributed by atoms with Crippen LogP contribution in [0.2, 0.25) is 0 Å². The number of nitrogens with one attached hydrogen (secondary N) is 1. The number of rotatable bonds is 4. The van der Waals surface area contributed by atoms with Crippen LogP contribution in [-0.4, -0.2) is 29.9 Å². The van der Waals surface area contributed by atoms with Crippen LogP contribution in [0.3, 0.4) is 0 Å². The maximum absolute atomic E-state index is 5.68. The lowest BCUT2D eigenvalue weighted by Crippen LogP contribution is -2.38. The average molecular weight is 207 g/mol. The Hall–Kier alpha value is -1.16. The van der Waals surface area contributed by atoms with E-state index in [0.29, 0.717) is 12.0 Å². The number of aromatic nitrogens is 2. The van der Waals surface area contributed by atoms with Gasteiger partial charge in [0.25, 0.3) is 0 Å². The van der Waals surface area contributed by atoms with Gasteiger partial charge >= 0.3 is 0 Å². The summed E-state index contributed by atoms with van der Waals surface area (Å²) in [5.74, 6) is 1.41. The van der Waals surface area contributed by atoms with E-state index < -0.39 is 0 Å². The van der Waals surface area contributed by atoms with Crippen LogP contribution in [0.15, 0.2) is 12.1 Å². The van der Waals surface area contributed by atoms with E-state index >= 15 is 0 Å². The summed E-state index contributed by atoms with van der Waals surface area (Å²) in [7, 11) is 1.99. The van der Waals surface area contributed by atoms with Crippen LogP contribution in [0.4, 0.5) is 0 Å². The Morgan fingerprint density at radius 2 is 2.20 bits per heavy atom. The zero-order valence-electron chi connectivity index (χ0n) is 9.23. The van der Waals surface area contributed by atoms with Gasteiger partial charge in [-0.3, -0.25) is 0 Å². The fraction of sp³-hybridized carbons (Fsp3) is 0.636. The zero-order chi connectivity index (χ0) is 10.7. The summed E-state index contributed by atoms with van der Waals surface area (Å²) in [6.07, 6.45) is 2.58. The molecule has 1 N–H and O–H groups in total. The highest BCUT2D eigenvalue weighted by atomic mass is 16.5. The van der Waals surface area contributed by atoms with Gasteiger partial charge in [-0.25, -0.2) is 0 Å². The quantitative estimate of drug-likeness (QED) is 0.805. The fourth-order valence-electron chi connectivity index (χ4n) is 1.85. The molecule has 0 spiro atoms. The van der Waals surface area contributed by atoms with E-state index in [-0.39, 0.29) is 0 Å². The van der Waals surface area contributed by atoms with Crippen molar-refractivity contribution in [2.75, 3.05) is 13.6 Å². The summed E-state index contributed by atoms with van der Waals surface area (Å²) >= 11 is 0. The molecular weight excluding hydrogens is 190 g/mol. The smallest absolute Gasteiger partial charge is 0.233 e. The molecule has 2 rings (SSSR count). The lowest BCUT2D eigenvalue weighted by atomic mass is 9.82. The lowest BCUT2D eigenvalue weighted by molar-refractivity contribution is 0.0607. The molecule has 1 aliphatic carbocycles. The molecule has 0 bridgehead atoms. The predicted molar refractivity (Wildman–Crippen MR) is 57.8 cm³/mol. The first-order valence-electron chi connectivity index (χ1n) is 5.39. The third-order valence-electron chi connectivity index (χ3n) is 2.75. The Kier molecular flexibility index (Phi) is 3.16. The first-order chi connectivity index (χ1) is 7.28. The number of ether oxygens (including phenoxy) is 1. The van der Waals surface area contributed by atoms with Crippen LogP contribution in [-0.2, 0) is 0 Å². The molecule has 82 valence electrons. The third-order valence-corrected chi connectivity index (χ3v) is 2.75. The summed E-state index contributed by atoms with van der Waals surface area (Å²) in [6, 6.07) is 3.81. The molecule has 0 aromatic carbocycles. The second kappa shape index (κ2) is 4.57. The third kappa shape index (κ3) is 2.65. The van der Waals surface area contributed by atoms with Crippen LogP contribution in [0.1, 0.15) is 18.5 Å². The molecule has 15 heavy (non-hydrogen) atoms. The Balaban J connectivity index is 1.77. The van der Waals surface area contributed by atoms with Gasteiger partial charge in [0.05, 0.1) is 5.69 Å². The molecule has 0 unspecified atom stereocenters. The summed E-state index contributed by atoms with van der Waals surface area (Å²) in [4.78, 5) is 0. The van der Waals surface area contributed by atoms with Gasteiger partial charge in [0.2, 0.25) is 5.88 Å². The molecule has 1 saturated carbocycles. The number of hydrogen-bond donors (Lipinski definition) is 1. The molecule has 1 aromatic heterocycles. The Morgan fingerprint density at radius 1 is 1.40 bits per heavy atom. The highest BCUT2D eigenvalue weighted by Crippen LogP contribution is 2.29. The molecule has 0 amide bonds. The van der Waals surface area contributed by atoms with E-state index in [2.05, 4.69) is 15.5 Å². The van der Waals surface area contributed by atoms with Crippen LogP contribution in [0, 0.1) is 12.8 Å². The van der Waals surface area contributed by atoms with Gasteiger partial charge in [0.1, 0.15) is 6.10 Å². The molecule has 1 fully saturated rings. The van der Waals surface area contributed by atoms with Gasteiger partial charge in [0, 0.05) is 6.07 Å². The van der Waals surface area contributed by atoms with E-state index in [1.807, 2.05) is 26.1 Å². The van der Waals surface area contributed by atoms with Crippen molar-refractivity contribution in [3.63, 3.8) is 0 Å². The van der Waals surface area contributed by atoms with E-state index in [9.17, 15) is 0 Å². The average Bonchev–Trinajstić information content (AvgIpc) is 2.18. The number of aryl methyl sites for hydroxylation is 1. The minimum absolute atomic E-state index is 0.334. The Bertz CT molecular complexity index is 306. The van der Waals surface area contributed by atoms with Crippen LogP contribution in [0.25, 0.3) is 0 Å². The van der Waals surface area contributed by atoms with E-state index in [1.165, 1.54) is 0 Å². The summed E-state index contributed by atoms with van der Waals surface area (Å²) in [5.41, 5.74) is 0.920. The largest absolute Gasteiger partial charge is 0.473 e. The van der Waals surface area contributed by atoms with Crippen molar-refractivity contribution in [3.05, 3.63) is 17.8 Å². The number of nitrogens with zero attached hydrogens (tertiary/aromatic N) is 2. The monoisotopic (exact) mass is 207 g/mol. The maximum Gasteiger partial charge on any atom is 0.233 e. The SMILES string of the molecule is CNCC1CC(Oc2ccc(C)nn2)C1. The van der Waals surface area contributed by atoms with Gasteiger partial charge in [0.15, 0.2) is 0 Å². The first-order valence-corrected chi connectivity index (χ1v) is 5.39. The second-order valence-corrected chi connectivity index (χ2v) is 4.15. The highest BCUT2D eigenvalue weighted by Gasteiger charge is 2.30. The molecule has 4 nitrogen and oxygen atoms in total. The Morgan fingerprint density at radius 3 is 2.80 bits per heavy atom. The van der Waals surface area contributed by atoms with Crippen molar-refractivity contribution in [1.82, 2.24) is 15.5 Å². The standard InChI is InChI=1S/C11H17N3O/c1-8-3-4-11(14-13-8)15-10-5-9(6-10)7-12-2/h3-4,9-10,12H,5-7H2,1-2H3. The topological polar surface area (TPSA) is 47.0 Å². The molecule has 0 atom stereocenters. The summed E-state index contributed by atoms with van der Waals surface area (Å²) in [5, 5.41) is 11.1. The van der Waals surface area contributed by atoms with Gasteiger partial charge in [-0.2, -0.15) is 5.10 Å². The molecule has 1 aliphatic rings. The van der Waals surface area contributed by atoms with Crippen molar-refractivity contribution in [3.8, 4) is 5.88 Å². The minimum Gasteiger partial charge on any atom is -0.473 e. The predicted octanol–water partition coefficient (Wildman–Crippen LogP) is 1.16. The normalized spacial score (nSPS) is 24.7. The zero-order valence-corrected chi connectivity index (χ0v) is 9.23. The molecule has 1 aromatic rings. The first kappa shape index (κ1) is 10.4. The van der Waals surface area contributed by atoms with Gasteiger partial charge < -0.3 is 10.1 Å². The van der Waals surface area contributed by atoms with Crippen molar-refractivity contribution >= 4 is 0 Å². The maximum atomic E-state index is 5.68. The summed E-state index contributed by atoms with van der Waals surface area (Å²) in [6.45, 7) is 3.00. The van der Waals surface area contributed by atoms with E-state index in [0.717, 1.165) is 31.0 Å². The molecular formula is C11H17N3O. The van der Waals surface area contributed by atoms with Crippen molar-refractivity contribution in [1.29, 1.82) is 0 Å². The van der Waals surface area contributed by atoms with Gasteiger partial charge in [-0.1, -0.05) is 0 Å². The summed E-state index contributed by atoms with van der Waals surface area (Å²) < 4.78 is 5.68. The van der Waals surface area contributed by atoms with E-state index in [1.54, 1.807) is 0 Å². The lowest BCUT2D eigenvalue weighted by Gasteiger charge is -2.34. The fourth-order valence-corrected chi connectivity index (χ4v) is 1.85. The van der Waals surface area contributed by atoms with Crippen molar-refractivity contribution in [2.45, 2.75) is 25.9 Å². The van der Waals surface area contributed by atoms with Crippen LogP contribution >= 0.6 is 0 Å². The van der Waals surface area contributed by atoms with Crippen LogP contribution in [0.5, 0.6) is 5.88 Å². The highest BCUT2D eigenvalue weighted by molar-refractivity contribution is 5.11. The second-order valence-electron chi connectivity index (χ2n) is 4.15. The number of hydrogen-bond acceptors (Lipinski definition) is 4. The Labute approximate surface area is 90.1 Å². The molecule has 0 aliphatic heterocycles. The molecule has 0 saturated heterocycles. The van der Waals surface area contributed by atoms with E-state index in [4.69, 9.17) is 4.74 Å². The minimum atomic E-state index is 0.334. The van der Waals surface area contributed by atoms with Gasteiger partial charge in [-0.05, 0) is 45.3 Å². The molecule has 1 heterocycles. The molecule has 0 radical (unpaired) electrons. The molecule has 4 heteroatoms. The van der Waals surface area contributed by atoms with Crippen molar-refractivity contribution < 1.29 is 4.74 Å². The van der Waals surface area contributed by atoms with Gasteiger partial charge in [-0.15, -0.1) is 5.10 Å². The van der Waals surface area contributed by atoms with Crippen LogP contribution < -0.4 is 10.1 Å². The van der Waals surface area contributed by atoms with Crippen molar-refractivity contribution in [2.24, 2.45) is 5.92 Å².